The second-order valence-corrected chi connectivity index (χ2v) is 45.0. The van der Waals surface area contributed by atoms with E-state index in [4.69, 9.17) is 4.74 Å². The van der Waals surface area contributed by atoms with Gasteiger partial charge in [0.1, 0.15) is 5.75 Å². The molecule has 4 heterocycles. The Morgan fingerprint density at radius 3 is 1.92 bits per heavy atom. The van der Waals surface area contributed by atoms with E-state index in [1.54, 1.807) is 36.8 Å². The molecule has 2 aliphatic rings. The van der Waals surface area contributed by atoms with Gasteiger partial charge < -0.3 is 17.0 Å². The molecule has 0 bridgehead atoms. The fourth-order valence-electron chi connectivity index (χ4n) is 2.88. The molecule has 0 spiro atoms. The van der Waals surface area contributed by atoms with Gasteiger partial charge in [-0.3, -0.25) is 14.9 Å². The average molecular weight is 1050 g/mol. The number of likely N-dealkylation sites (tertiary alicyclic amines) is 1. The van der Waals surface area contributed by atoms with E-state index in [9.17, 15) is 17.6 Å². The van der Waals surface area contributed by atoms with Crippen molar-refractivity contribution in [1.29, 1.82) is 0 Å². The summed E-state index contributed by atoms with van der Waals surface area (Å²) in [6.45, 7) is 6.70. The first kappa shape index (κ1) is 39.5. The number of ether oxygens (including phenoxy) is 1. The van der Waals surface area contributed by atoms with E-state index in [0.717, 1.165) is 26.7 Å². The Hall–Kier alpha value is 1.47. The summed E-state index contributed by atoms with van der Waals surface area (Å²) in [6.07, 6.45) is 7.73. The molecule has 2 saturated heterocycles. The summed E-state index contributed by atoms with van der Waals surface area (Å²) < 4.78 is 56.3. The first-order chi connectivity index (χ1) is 17.7. The zero-order valence-corrected chi connectivity index (χ0v) is 32.0. The molecule has 38 heavy (non-hydrogen) atoms. The van der Waals surface area contributed by atoms with Crippen LogP contribution >= 0.6 is 91.8 Å². The Morgan fingerprint density at radius 1 is 1.03 bits per heavy atom. The van der Waals surface area contributed by atoms with Gasteiger partial charge in [-0.1, -0.05) is 6.92 Å². The van der Waals surface area contributed by atoms with Crippen molar-refractivity contribution in [1.82, 2.24) is 20.2 Å². The number of aromatic nitrogens is 2. The average Bonchev–Trinajstić information content (AvgIpc) is 3.38. The van der Waals surface area contributed by atoms with Crippen LogP contribution in [0.5, 0.6) is 5.75 Å². The van der Waals surface area contributed by atoms with E-state index >= 15 is 0 Å². The van der Waals surface area contributed by atoms with E-state index in [0.29, 0.717) is 19.6 Å². The molecule has 0 unspecified atom stereocenters. The third-order valence-electron chi connectivity index (χ3n) is 4.38. The second kappa shape index (κ2) is 22.1. The molecule has 1 N–H and O–H groups in total. The van der Waals surface area contributed by atoms with Gasteiger partial charge in [-0.25, -0.2) is 17.6 Å². The number of methoxy groups -OCH3 is 1. The minimum absolute atomic E-state index is 0.00694. The van der Waals surface area contributed by atoms with Gasteiger partial charge in [0.15, 0.2) is 0 Å². The third kappa shape index (κ3) is 22.1. The van der Waals surface area contributed by atoms with E-state index in [-0.39, 0.29) is 30.9 Å². The van der Waals surface area contributed by atoms with Crippen LogP contribution in [0.2, 0.25) is 0 Å². The minimum atomic E-state index is -2.51. The van der Waals surface area contributed by atoms with Crippen LogP contribution in [0.4, 0.5) is 17.6 Å². The molecule has 0 saturated carbocycles. The van der Waals surface area contributed by atoms with Crippen molar-refractivity contribution in [2.45, 2.75) is 44.6 Å². The Bertz CT molecular complexity index is 900. The predicted molar refractivity (Wildman–Crippen MR) is 175 cm³/mol. The van der Waals surface area contributed by atoms with Gasteiger partial charge in [-0.2, -0.15) is 6.42 Å². The van der Waals surface area contributed by atoms with Crippen LogP contribution in [0.25, 0.3) is 0 Å². The maximum absolute atomic E-state index is 12.9. The molecule has 0 radical (unpaired) electrons. The van der Waals surface area contributed by atoms with Crippen LogP contribution < -0.4 is 10.1 Å². The Labute approximate surface area is 277 Å². The Morgan fingerprint density at radius 2 is 1.58 bits per heavy atom. The van der Waals surface area contributed by atoms with Crippen molar-refractivity contribution >= 4 is 91.8 Å². The molecule has 5 nitrogen and oxygen atoms in total. The van der Waals surface area contributed by atoms with E-state index < -0.39 is 11.8 Å². The Balaban J connectivity index is 0.000000510. The molecule has 218 valence electrons. The monoisotopic (exact) mass is 1040 g/mol. The van der Waals surface area contributed by atoms with Crippen LogP contribution in [-0.4, -0.2) is 60.0 Å². The van der Waals surface area contributed by atoms with Crippen LogP contribution in [-0.2, 0) is 11.5 Å². The number of halogens is 9. The molecule has 0 amide bonds. The summed E-state index contributed by atoms with van der Waals surface area (Å²) in [5, 5.41) is 2.56. The standard InChI is InChI=1S/C10H11BrF2N2.C6H6BrNO.C4H7F2N.C3H7.3HI.V/c11-9-3-8(4-14-5-9)6-15-2-1-10(12,13)7-15;1-9-6-2-5(7)3-8-4-6;5-4(6)1-2-7-3-4;1-3-2;;;;/h3-5H,1-2,6-7H2;2-4H,1H3;7H,1-3H2;1,3H2,2H3;3*1H;/q;;;-1;;;;+3/p-3. The van der Waals surface area contributed by atoms with Crippen LogP contribution in [0, 0.1) is 6.92 Å². The number of hydrogen-bond donors (Lipinski definition) is 1. The fourth-order valence-corrected chi connectivity index (χ4v) is 3.63. The second-order valence-electron chi connectivity index (χ2n) is 7.85. The first-order valence-electron chi connectivity index (χ1n) is 11.2. The molecule has 0 atom stereocenters. The topological polar surface area (TPSA) is 50.3 Å². The third-order valence-corrected chi connectivity index (χ3v) is 5.25. The summed E-state index contributed by atoms with van der Waals surface area (Å²) in [5.41, 5.74) is 0.960. The first-order valence-corrected chi connectivity index (χ1v) is 26.3. The number of pyridine rings is 2. The SMILES string of the molecule is COc1cncc(Br)c1.FC1(F)CCN(Cc2cncc(Br)c2)C1.FC1(F)CCNC1.[CH2-]CC.[I][V]([I])[I]. The number of alkyl halides is 4. The normalized spacial score (nSPS) is 17.0. The van der Waals surface area contributed by atoms with Gasteiger partial charge in [-0.15, -0.1) is 0 Å². The van der Waals surface area contributed by atoms with Crippen molar-refractivity contribution < 1.29 is 27.2 Å². The Kier molecular flexibility index (Phi) is 22.9. The van der Waals surface area contributed by atoms with Crippen molar-refractivity contribution in [2.24, 2.45) is 0 Å². The molecular formula is C23H31Br2F4I3N4OV-. The molecular weight excluding hydrogens is 1020 g/mol. The maximum atomic E-state index is 12.9. The summed E-state index contributed by atoms with van der Waals surface area (Å²) in [5.74, 6) is -4.16. The van der Waals surface area contributed by atoms with Gasteiger partial charge in [0.05, 0.1) is 26.4 Å². The zero-order chi connectivity index (χ0) is 29.2. The number of nitrogens with one attached hydrogen (secondary N) is 1. The van der Waals surface area contributed by atoms with Crippen LogP contribution in [0.1, 0.15) is 31.7 Å². The molecule has 15 heteroatoms. The van der Waals surface area contributed by atoms with Gasteiger partial charge >= 0.3 is 64.9 Å². The molecule has 2 fully saturated rings. The van der Waals surface area contributed by atoms with Crippen molar-refractivity contribution in [2.75, 3.05) is 33.3 Å². The van der Waals surface area contributed by atoms with Gasteiger partial charge in [0.2, 0.25) is 0 Å². The van der Waals surface area contributed by atoms with Gasteiger partial charge in [-0.05, 0) is 49.6 Å². The molecule has 2 aromatic heterocycles. The van der Waals surface area contributed by atoms with Crippen molar-refractivity contribution in [3.63, 3.8) is 0 Å². The number of hydrogen-bond acceptors (Lipinski definition) is 5. The molecule has 4 rings (SSSR count). The van der Waals surface area contributed by atoms with Gasteiger partial charge in [0.25, 0.3) is 11.8 Å². The van der Waals surface area contributed by atoms with Crippen molar-refractivity contribution in [3.8, 4) is 5.75 Å². The van der Waals surface area contributed by atoms with E-state index in [1.807, 2.05) is 19.1 Å². The summed E-state index contributed by atoms with van der Waals surface area (Å²) in [7, 11) is 1.61. The van der Waals surface area contributed by atoms with E-state index in [2.05, 4.69) is 114 Å². The van der Waals surface area contributed by atoms with Crippen LogP contribution in [0.15, 0.2) is 45.9 Å². The number of rotatable bonds is 3. The predicted octanol–water partition coefficient (Wildman–Crippen LogP) is 9.04. The zero-order valence-electron chi connectivity index (χ0n) is 20.9. The summed E-state index contributed by atoms with van der Waals surface area (Å²) >= 11 is 14.0. The quantitative estimate of drug-likeness (QED) is 0.189. The summed E-state index contributed by atoms with van der Waals surface area (Å²) in [4.78, 5) is 9.36. The van der Waals surface area contributed by atoms with E-state index in [1.165, 1.54) is 0 Å². The molecule has 0 aliphatic carbocycles. The molecule has 0 aromatic carbocycles. The fraction of sp³-hybridized carbons (Fsp3) is 0.522. The van der Waals surface area contributed by atoms with Crippen molar-refractivity contribution in [3.05, 3.63) is 58.4 Å². The molecule has 2 aliphatic heterocycles. The molecule has 2 aromatic rings. The van der Waals surface area contributed by atoms with Gasteiger partial charge in [0, 0.05) is 60.0 Å². The van der Waals surface area contributed by atoms with Crippen LogP contribution in [0.3, 0.4) is 0 Å². The number of nitrogens with zero attached hydrogens (tertiary/aromatic N) is 3. The summed E-state index contributed by atoms with van der Waals surface area (Å²) in [6, 6.07) is 3.76.